The minimum Gasteiger partial charge on any atom is -0.508 e. The van der Waals surface area contributed by atoms with Crippen molar-refractivity contribution < 1.29 is 20.1 Å². The predicted octanol–water partition coefficient (Wildman–Crippen LogP) is 6.58. The molecule has 4 heteroatoms. The van der Waals surface area contributed by atoms with Gasteiger partial charge in [-0.3, -0.25) is 4.79 Å². The summed E-state index contributed by atoms with van der Waals surface area (Å²) in [6.07, 6.45) is 22.6. The molecule has 0 radical (unpaired) electrons. The second kappa shape index (κ2) is 14.6. The lowest BCUT2D eigenvalue weighted by atomic mass is 10.0. The predicted molar refractivity (Wildman–Crippen MR) is 115 cm³/mol. The monoisotopic (exact) mass is 386 g/mol. The molecule has 0 amide bonds. The van der Waals surface area contributed by atoms with Crippen LogP contribution < -0.4 is 0 Å². The van der Waals surface area contributed by atoms with Gasteiger partial charge in [0, 0.05) is 18.6 Å². The van der Waals surface area contributed by atoms with Crippen molar-refractivity contribution in [2.75, 3.05) is 0 Å². The van der Waals surface area contributed by atoms with Crippen LogP contribution in [-0.2, 0) is 0 Å². The van der Waals surface area contributed by atoms with Crippen LogP contribution in [0, 0.1) is 0 Å². The summed E-state index contributed by atoms with van der Waals surface area (Å²) in [5, 5.41) is 28.7. The van der Waals surface area contributed by atoms with Gasteiger partial charge in [0.2, 0.25) is 0 Å². The average Bonchev–Trinajstić information content (AvgIpc) is 2.64. The highest BCUT2D eigenvalue weighted by molar-refractivity contribution is 6.01. The molecular formula is C24H34O4. The van der Waals surface area contributed by atoms with Crippen molar-refractivity contribution in [3.63, 3.8) is 0 Å². The number of ketones is 1. The highest BCUT2D eigenvalue weighted by Crippen LogP contribution is 2.33. The highest BCUT2D eigenvalue weighted by Gasteiger charge is 2.17. The van der Waals surface area contributed by atoms with Gasteiger partial charge < -0.3 is 15.3 Å². The fraction of sp³-hybridized carbons (Fsp3) is 0.458. The zero-order valence-electron chi connectivity index (χ0n) is 16.9. The SMILES string of the molecule is CCC=CCC=CCC=CCCCCCCCC(=O)c1c(O)cc(O)cc1O. The van der Waals surface area contributed by atoms with Gasteiger partial charge >= 0.3 is 0 Å². The van der Waals surface area contributed by atoms with Crippen molar-refractivity contribution in [2.45, 2.75) is 71.1 Å². The number of phenolic OH excluding ortho intramolecular Hbond substituents is 3. The molecule has 0 aromatic heterocycles. The maximum atomic E-state index is 12.1. The van der Waals surface area contributed by atoms with Crippen LogP contribution in [0.15, 0.2) is 48.6 Å². The molecule has 28 heavy (non-hydrogen) atoms. The van der Waals surface area contributed by atoms with Crippen molar-refractivity contribution in [3.8, 4) is 17.2 Å². The summed E-state index contributed by atoms with van der Waals surface area (Å²) in [5.74, 6) is -1.31. The quantitative estimate of drug-likeness (QED) is 0.192. The third-order valence-electron chi connectivity index (χ3n) is 4.41. The minimum absolute atomic E-state index is 0.0987. The van der Waals surface area contributed by atoms with Crippen LogP contribution in [0.1, 0.15) is 81.5 Å². The number of allylic oxidation sites excluding steroid dienone is 6. The number of Topliss-reactive ketones (excluding diaryl/α,β-unsaturated/α-hetero) is 1. The first-order valence-corrected chi connectivity index (χ1v) is 10.3. The van der Waals surface area contributed by atoms with Gasteiger partial charge in [0.15, 0.2) is 5.78 Å². The van der Waals surface area contributed by atoms with E-state index in [0.717, 1.165) is 69.9 Å². The molecule has 4 nitrogen and oxygen atoms in total. The van der Waals surface area contributed by atoms with Gasteiger partial charge in [-0.25, -0.2) is 0 Å². The second-order valence-electron chi connectivity index (χ2n) is 6.88. The summed E-state index contributed by atoms with van der Waals surface area (Å²) in [6.45, 7) is 2.14. The molecule has 0 fully saturated rings. The molecule has 0 bridgehead atoms. The Morgan fingerprint density at radius 2 is 1.32 bits per heavy atom. The van der Waals surface area contributed by atoms with E-state index >= 15 is 0 Å². The first-order chi connectivity index (χ1) is 13.6. The number of aromatic hydroxyl groups is 3. The molecular weight excluding hydrogens is 352 g/mol. The highest BCUT2D eigenvalue weighted by atomic mass is 16.3. The van der Waals surface area contributed by atoms with Gasteiger partial charge in [-0.2, -0.15) is 0 Å². The van der Waals surface area contributed by atoms with E-state index < -0.39 is 0 Å². The number of benzene rings is 1. The van der Waals surface area contributed by atoms with Gasteiger partial charge in [-0.05, 0) is 38.5 Å². The zero-order valence-corrected chi connectivity index (χ0v) is 16.9. The summed E-state index contributed by atoms with van der Waals surface area (Å²) < 4.78 is 0. The fourth-order valence-electron chi connectivity index (χ4n) is 2.91. The van der Waals surface area contributed by atoms with Crippen molar-refractivity contribution in [3.05, 3.63) is 54.2 Å². The number of carbonyl (C=O) groups excluding carboxylic acids is 1. The van der Waals surface area contributed by atoms with Crippen molar-refractivity contribution in [2.24, 2.45) is 0 Å². The van der Waals surface area contributed by atoms with Gasteiger partial charge in [0.05, 0.1) is 0 Å². The van der Waals surface area contributed by atoms with Crippen molar-refractivity contribution in [1.29, 1.82) is 0 Å². The first kappa shape index (κ1) is 23.5. The first-order valence-electron chi connectivity index (χ1n) is 10.3. The smallest absolute Gasteiger partial charge is 0.170 e. The summed E-state index contributed by atoms with van der Waals surface area (Å²) in [7, 11) is 0. The second-order valence-corrected chi connectivity index (χ2v) is 6.88. The zero-order chi connectivity index (χ0) is 20.6. The number of hydrogen-bond acceptors (Lipinski definition) is 4. The summed E-state index contributed by atoms with van der Waals surface area (Å²) in [4.78, 5) is 12.1. The molecule has 1 aromatic rings. The Hall–Kier alpha value is -2.49. The standard InChI is InChI=1S/C24H34O4/c1-2-3-4-5-6-7-8-9-10-11-12-13-14-15-16-17-21(26)24-22(27)18-20(25)19-23(24)28/h3-4,6-7,9-10,18-19,25,27-28H,2,5,8,11-17H2,1H3. The number of rotatable bonds is 14. The van der Waals surface area contributed by atoms with Gasteiger partial charge in [-0.1, -0.05) is 62.6 Å². The average molecular weight is 387 g/mol. The van der Waals surface area contributed by atoms with E-state index in [1.165, 1.54) is 0 Å². The molecule has 1 aromatic carbocycles. The molecule has 1 rings (SSSR count). The Labute approximate surface area is 168 Å². The van der Waals surface area contributed by atoms with Crippen LogP contribution >= 0.6 is 0 Å². The van der Waals surface area contributed by atoms with Crippen molar-refractivity contribution in [1.82, 2.24) is 0 Å². The Morgan fingerprint density at radius 3 is 1.96 bits per heavy atom. The normalized spacial score (nSPS) is 11.9. The molecule has 0 aliphatic carbocycles. The minimum atomic E-state index is -0.374. The largest absolute Gasteiger partial charge is 0.508 e. The molecule has 0 aliphatic rings. The lowest BCUT2D eigenvalue weighted by Gasteiger charge is -2.07. The van der Waals surface area contributed by atoms with E-state index in [1.807, 2.05) is 0 Å². The van der Waals surface area contributed by atoms with E-state index in [0.29, 0.717) is 0 Å². The lowest BCUT2D eigenvalue weighted by Crippen LogP contribution is -2.00. The molecule has 0 aliphatic heterocycles. The molecule has 154 valence electrons. The molecule has 0 spiro atoms. The van der Waals surface area contributed by atoms with Gasteiger partial charge in [-0.15, -0.1) is 0 Å². The van der Waals surface area contributed by atoms with E-state index in [1.54, 1.807) is 0 Å². The van der Waals surface area contributed by atoms with E-state index in [2.05, 4.69) is 43.4 Å². The maximum absolute atomic E-state index is 12.1. The number of hydrogen-bond donors (Lipinski definition) is 3. The topological polar surface area (TPSA) is 77.8 Å². The molecule has 3 N–H and O–H groups in total. The van der Waals surface area contributed by atoms with Crippen LogP contribution in [0.5, 0.6) is 17.2 Å². The molecule has 0 atom stereocenters. The summed E-state index contributed by atoms with van der Waals surface area (Å²) in [5.41, 5.74) is -0.0987. The van der Waals surface area contributed by atoms with Gasteiger partial charge in [0.1, 0.15) is 22.8 Å². The third-order valence-corrected chi connectivity index (χ3v) is 4.41. The van der Waals surface area contributed by atoms with Crippen LogP contribution in [0.25, 0.3) is 0 Å². The summed E-state index contributed by atoms with van der Waals surface area (Å²) in [6, 6.07) is 2.14. The number of unbranched alkanes of at least 4 members (excludes halogenated alkanes) is 5. The molecule has 0 saturated carbocycles. The number of phenols is 3. The molecule has 0 unspecified atom stereocenters. The Balaban J connectivity index is 2.07. The van der Waals surface area contributed by atoms with Crippen LogP contribution in [0.2, 0.25) is 0 Å². The molecule has 0 heterocycles. The molecule has 0 saturated heterocycles. The number of carbonyl (C=O) groups is 1. The van der Waals surface area contributed by atoms with E-state index in [9.17, 15) is 20.1 Å². The van der Waals surface area contributed by atoms with Crippen molar-refractivity contribution >= 4 is 5.78 Å². The Bertz CT molecular complexity index is 648. The fourth-order valence-corrected chi connectivity index (χ4v) is 2.91. The lowest BCUT2D eigenvalue weighted by molar-refractivity contribution is 0.0973. The van der Waals surface area contributed by atoms with Gasteiger partial charge in [0.25, 0.3) is 0 Å². The van der Waals surface area contributed by atoms with Crippen LogP contribution in [0.4, 0.5) is 0 Å². The maximum Gasteiger partial charge on any atom is 0.170 e. The van der Waals surface area contributed by atoms with Crippen LogP contribution in [0.3, 0.4) is 0 Å². The Kier molecular flexibility index (Phi) is 12.2. The van der Waals surface area contributed by atoms with E-state index in [-0.39, 0.29) is 35.0 Å². The van der Waals surface area contributed by atoms with E-state index in [4.69, 9.17) is 0 Å². The summed E-state index contributed by atoms with van der Waals surface area (Å²) >= 11 is 0. The van der Waals surface area contributed by atoms with Crippen LogP contribution in [-0.4, -0.2) is 21.1 Å². The third kappa shape index (κ3) is 10.0. The Morgan fingerprint density at radius 1 is 0.786 bits per heavy atom.